The van der Waals surface area contributed by atoms with Gasteiger partial charge in [0.1, 0.15) is 5.75 Å². The molecule has 0 fully saturated rings. The second-order valence-electron chi connectivity index (χ2n) is 6.69. The summed E-state index contributed by atoms with van der Waals surface area (Å²) in [5.41, 5.74) is 1.62. The number of esters is 1. The summed E-state index contributed by atoms with van der Waals surface area (Å²) < 4.78 is 24.9. The van der Waals surface area contributed by atoms with E-state index in [9.17, 15) is 9.18 Å². The van der Waals surface area contributed by atoms with E-state index in [2.05, 4.69) is 13.8 Å². The highest BCUT2D eigenvalue weighted by Gasteiger charge is 2.11. The molecule has 2 aromatic carbocycles. The number of rotatable bonds is 11. The van der Waals surface area contributed by atoms with Crippen molar-refractivity contribution in [1.29, 1.82) is 0 Å². The minimum absolute atomic E-state index is 0.172. The van der Waals surface area contributed by atoms with Crippen molar-refractivity contribution >= 4 is 5.97 Å². The monoisotopic (exact) mass is 372 g/mol. The summed E-state index contributed by atoms with van der Waals surface area (Å²) in [6.07, 6.45) is 7.61. The molecule has 0 atom stereocenters. The van der Waals surface area contributed by atoms with Crippen LogP contribution in [0.4, 0.5) is 4.39 Å². The summed E-state index contributed by atoms with van der Waals surface area (Å²) in [5.74, 6) is -0.658. The number of hydrogen-bond donors (Lipinski definition) is 0. The summed E-state index contributed by atoms with van der Waals surface area (Å²) in [4.78, 5) is 12.2. The van der Waals surface area contributed by atoms with Crippen LogP contribution in [-0.2, 0) is 6.42 Å². The molecular formula is C23H29FO3. The molecule has 0 aromatic heterocycles. The maximum absolute atomic E-state index is 14.2. The van der Waals surface area contributed by atoms with Gasteiger partial charge >= 0.3 is 5.97 Å². The summed E-state index contributed by atoms with van der Waals surface area (Å²) >= 11 is 0. The van der Waals surface area contributed by atoms with Gasteiger partial charge in [0.15, 0.2) is 11.6 Å². The fraction of sp³-hybridized carbons (Fsp3) is 0.435. The summed E-state index contributed by atoms with van der Waals surface area (Å²) in [6, 6.07) is 11.6. The van der Waals surface area contributed by atoms with Crippen molar-refractivity contribution < 1.29 is 18.7 Å². The van der Waals surface area contributed by atoms with Crippen molar-refractivity contribution in [3.05, 3.63) is 59.4 Å². The van der Waals surface area contributed by atoms with Gasteiger partial charge in [-0.2, -0.15) is 0 Å². The number of unbranched alkanes of at least 4 members (excludes halogenated alkanes) is 4. The Morgan fingerprint density at radius 2 is 1.67 bits per heavy atom. The van der Waals surface area contributed by atoms with Crippen molar-refractivity contribution in [1.82, 2.24) is 0 Å². The molecule has 4 heteroatoms. The largest absolute Gasteiger partial charge is 0.491 e. The van der Waals surface area contributed by atoms with Crippen LogP contribution in [0, 0.1) is 5.82 Å². The third-order valence-electron chi connectivity index (χ3n) is 4.35. The summed E-state index contributed by atoms with van der Waals surface area (Å²) in [7, 11) is 0. The molecule has 0 heterocycles. The van der Waals surface area contributed by atoms with E-state index in [0.717, 1.165) is 25.7 Å². The third-order valence-corrected chi connectivity index (χ3v) is 4.35. The van der Waals surface area contributed by atoms with E-state index in [4.69, 9.17) is 9.47 Å². The van der Waals surface area contributed by atoms with Crippen LogP contribution in [0.1, 0.15) is 68.3 Å². The van der Waals surface area contributed by atoms with Crippen LogP contribution >= 0.6 is 0 Å². The molecule has 0 amide bonds. The molecule has 0 aliphatic rings. The molecule has 27 heavy (non-hydrogen) atoms. The molecule has 0 saturated heterocycles. The molecule has 0 N–H and O–H groups in total. The van der Waals surface area contributed by atoms with Crippen LogP contribution in [-0.4, -0.2) is 12.6 Å². The van der Waals surface area contributed by atoms with Crippen molar-refractivity contribution in [2.45, 2.75) is 58.8 Å². The molecule has 146 valence electrons. The van der Waals surface area contributed by atoms with Gasteiger partial charge in [-0.1, -0.05) is 58.1 Å². The van der Waals surface area contributed by atoms with Gasteiger partial charge in [-0.05, 0) is 42.7 Å². The zero-order chi connectivity index (χ0) is 19.5. The molecule has 0 unspecified atom stereocenters. The van der Waals surface area contributed by atoms with Gasteiger partial charge in [0.25, 0.3) is 0 Å². The Bertz CT molecular complexity index is 710. The van der Waals surface area contributed by atoms with Crippen molar-refractivity contribution in [3.63, 3.8) is 0 Å². The predicted octanol–water partition coefficient (Wildman–Crippen LogP) is 6.35. The number of benzene rings is 2. The predicted molar refractivity (Wildman–Crippen MR) is 106 cm³/mol. The van der Waals surface area contributed by atoms with Gasteiger partial charge in [-0.25, -0.2) is 9.18 Å². The summed E-state index contributed by atoms with van der Waals surface area (Å²) in [6.45, 7) is 4.77. The van der Waals surface area contributed by atoms with Gasteiger partial charge in [0, 0.05) is 6.07 Å². The Morgan fingerprint density at radius 3 is 2.33 bits per heavy atom. The van der Waals surface area contributed by atoms with Gasteiger partial charge < -0.3 is 9.47 Å². The first-order chi connectivity index (χ1) is 13.1. The first-order valence-electron chi connectivity index (χ1n) is 9.87. The molecular weight excluding hydrogens is 343 g/mol. The lowest BCUT2D eigenvalue weighted by atomic mass is 10.1. The van der Waals surface area contributed by atoms with E-state index in [1.807, 2.05) is 12.1 Å². The maximum Gasteiger partial charge on any atom is 0.343 e. The molecule has 0 bridgehead atoms. The van der Waals surface area contributed by atoms with E-state index in [1.54, 1.807) is 18.2 Å². The van der Waals surface area contributed by atoms with Crippen LogP contribution in [0.3, 0.4) is 0 Å². The van der Waals surface area contributed by atoms with Gasteiger partial charge in [0.05, 0.1) is 12.2 Å². The number of carbonyl (C=O) groups is 1. The zero-order valence-electron chi connectivity index (χ0n) is 16.3. The molecule has 2 aromatic rings. The molecule has 0 aliphatic heterocycles. The van der Waals surface area contributed by atoms with Crippen molar-refractivity contribution in [2.24, 2.45) is 0 Å². The molecule has 0 spiro atoms. The Balaban J connectivity index is 1.86. The molecule has 0 saturated carbocycles. The minimum atomic E-state index is -0.521. The lowest BCUT2D eigenvalue weighted by Gasteiger charge is -2.09. The van der Waals surface area contributed by atoms with E-state index >= 15 is 0 Å². The second kappa shape index (κ2) is 11.4. The second-order valence-corrected chi connectivity index (χ2v) is 6.69. The Kier molecular flexibility index (Phi) is 8.82. The molecule has 0 aliphatic carbocycles. The minimum Gasteiger partial charge on any atom is -0.491 e. The smallest absolute Gasteiger partial charge is 0.343 e. The Labute approximate surface area is 161 Å². The Morgan fingerprint density at radius 1 is 0.926 bits per heavy atom. The maximum atomic E-state index is 14.2. The standard InChI is InChI=1S/C23H29FO3/c1-3-5-6-7-8-16-26-22-15-14-20(17-21(22)24)27-23(25)19-12-10-18(9-4-2)11-13-19/h10-15,17H,3-9,16H2,1-2H3. The SMILES string of the molecule is CCCCCCCOc1ccc(OC(=O)c2ccc(CCC)cc2)cc1F. The van der Waals surface area contributed by atoms with Gasteiger partial charge in [0.2, 0.25) is 0 Å². The fourth-order valence-electron chi connectivity index (χ4n) is 2.81. The average Bonchev–Trinajstić information content (AvgIpc) is 2.67. The number of hydrogen-bond acceptors (Lipinski definition) is 3. The molecule has 3 nitrogen and oxygen atoms in total. The quantitative estimate of drug-likeness (QED) is 0.262. The lowest BCUT2D eigenvalue weighted by molar-refractivity contribution is 0.0734. The Hall–Kier alpha value is -2.36. The normalized spacial score (nSPS) is 10.6. The first kappa shape index (κ1) is 20.9. The number of aryl methyl sites for hydroxylation is 1. The van der Waals surface area contributed by atoms with Gasteiger partial charge in [-0.15, -0.1) is 0 Å². The zero-order valence-corrected chi connectivity index (χ0v) is 16.3. The summed E-state index contributed by atoms with van der Waals surface area (Å²) in [5, 5.41) is 0. The average molecular weight is 372 g/mol. The van der Waals surface area contributed by atoms with Crippen molar-refractivity contribution in [2.75, 3.05) is 6.61 Å². The van der Waals surface area contributed by atoms with Crippen LogP contribution in [0.25, 0.3) is 0 Å². The van der Waals surface area contributed by atoms with Gasteiger partial charge in [-0.3, -0.25) is 0 Å². The highest BCUT2D eigenvalue weighted by Crippen LogP contribution is 2.24. The number of carbonyl (C=O) groups excluding carboxylic acids is 1. The van der Waals surface area contributed by atoms with E-state index in [0.29, 0.717) is 12.2 Å². The van der Waals surface area contributed by atoms with Crippen LogP contribution in [0.15, 0.2) is 42.5 Å². The van der Waals surface area contributed by atoms with Crippen molar-refractivity contribution in [3.8, 4) is 11.5 Å². The topological polar surface area (TPSA) is 35.5 Å². The lowest BCUT2D eigenvalue weighted by Crippen LogP contribution is -2.09. The first-order valence-corrected chi connectivity index (χ1v) is 9.87. The van der Waals surface area contributed by atoms with E-state index in [1.165, 1.54) is 37.0 Å². The number of halogens is 1. The number of ether oxygens (including phenoxy) is 2. The highest BCUT2D eigenvalue weighted by molar-refractivity contribution is 5.91. The van der Waals surface area contributed by atoms with Crippen LogP contribution in [0.2, 0.25) is 0 Å². The highest BCUT2D eigenvalue weighted by atomic mass is 19.1. The fourth-order valence-corrected chi connectivity index (χ4v) is 2.81. The van der Waals surface area contributed by atoms with E-state index in [-0.39, 0.29) is 11.5 Å². The molecule has 0 radical (unpaired) electrons. The van der Waals surface area contributed by atoms with Crippen LogP contribution in [0.5, 0.6) is 11.5 Å². The van der Waals surface area contributed by atoms with E-state index < -0.39 is 11.8 Å². The third kappa shape index (κ3) is 7.05. The van der Waals surface area contributed by atoms with Crippen LogP contribution < -0.4 is 9.47 Å². The molecule has 2 rings (SSSR count).